The molecule has 0 bridgehead atoms. The molecular weight excluding hydrogens is 194 g/mol. The van der Waals surface area contributed by atoms with Crippen molar-refractivity contribution in [2.45, 2.75) is 39.2 Å². The van der Waals surface area contributed by atoms with Gasteiger partial charge in [0.25, 0.3) is 0 Å². The van der Waals surface area contributed by atoms with Gasteiger partial charge in [-0.25, -0.2) is 0 Å². The molecule has 84 valence electrons. The third-order valence-electron chi connectivity index (χ3n) is 3.13. The zero-order valence-corrected chi connectivity index (χ0v) is 9.28. The molecule has 0 aromatic rings. The molecule has 0 unspecified atom stereocenters. The highest BCUT2D eigenvalue weighted by molar-refractivity contribution is 6.05. The number of hydrogen-bond acceptors (Lipinski definition) is 3. The molecule has 0 aliphatic carbocycles. The Kier molecular flexibility index (Phi) is 2.54. The maximum absolute atomic E-state index is 11.9. The smallest absolute Gasteiger partial charge is 0.235 e. The van der Waals surface area contributed by atoms with Crippen LogP contribution in [0.2, 0.25) is 0 Å². The second-order valence-electron chi connectivity index (χ2n) is 5.01. The number of amides is 2. The number of hydrogen-bond donors (Lipinski definition) is 0. The average Bonchev–Trinajstić information content (AvgIpc) is 2.69. The highest BCUT2D eigenvalue weighted by Gasteiger charge is 2.45. The Balaban J connectivity index is 2.02. The van der Waals surface area contributed by atoms with Gasteiger partial charge in [0.2, 0.25) is 11.8 Å². The van der Waals surface area contributed by atoms with E-state index in [0.717, 1.165) is 19.4 Å². The molecule has 0 radical (unpaired) electrons. The third-order valence-corrected chi connectivity index (χ3v) is 3.13. The lowest BCUT2D eigenvalue weighted by Gasteiger charge is -2.20. The lowest BCUT2D eigenvalue weighted by Crippen LogP contribution is -2.38. The summed E-state index contributed by atoms with van der Waals surface area (Å²) in [6.45, 7) is 4.84. The van der Waals surface area contributed by atoms with E-state index < -0.39 is 5.41 Å². The Morgan fingerprint density at radius 3 is 2.67 bits per heavy atom. The molecule has 0 saturated carbocycles. The molecule has 4 nitrogen and oxygen atoms in total. The zero-order chi connectivity index (χ0) is 11.1. The van der Waals surface area contributed by atoms with E-state index in [-0.39, 0.29) is 17.9 Å². The van der Waals surface area contributed by atoms with Crippen molar-refractivity contribution in [3.63, 3.8) is 0 Å². The number of likely N-dealkylation sites (tertiary alicyclic amines) is 1. The summed E-state index contributed by atoms with van der Waals surface area (Å²) in [4.78, 5) is 24.9. The monoisotopic (exact) mass is 211 g/mol. The molecule has 2 amide bonds. The summed E-state index contributed by atoms with van der Waals surface area (Å²) in [5.74, 6) is -0.108. The first-order valence-corrected chi connectivity index (χ1v) is 5.47. The topological polar surface area (TPSA) is 46.6 Å². The van der Waals surface area contributed by atoms with Gasteiger partial charge in [-0.1, -0.05) is 13.8 Å². The largest absolute Gasteiger partial charge is 0.376 e. The minimum Gasteiger partial charge on any atom is -0.376 e. The molecule has 0 aromatic carbocycles. The molecule has 2 rings (SSSR count). The van der Waals surface area contributed by atoms with E-state index in [2.05, 4.69) is 0 Å². The van der Waals surface area contributed by atoms with Crippen molar-refractivity contribution in [1.82, 2.24) is 4.90 Å². The van der Waals surface area contributed by atoms with Gasteiger partial charge in [-0.3, -0.25) is 14.5 Å². The zero-order valence-electron chi connectivity index (χ0n) is 9.28. The van der Waals surface area contributed by atoms with Crippen LogP contribution >= 0.6 is 0 Å². The first-order valence-electron chi connectivity index (χ1n) is 5.47. The molecule has 2 aliphatic heterocycles. The van der Waals surface area contributed by atoms with Crippen LogP contribution in [0.3, 0.4) is 0 Å². The van der Waals surface area contributed by atoms with Gasteiger partial charge in [-0.05, 0) is 12.8 Å². The summed E-state index contributed by atoms with van der Waals surface area (Å²) in [5, 5.41) is 0. The van der Waals surface area contributed by atoms with E-state index in [1.54, 1.807) is 0 Å². The van der Waals surface area contributed by atoms with Crippen LogP contribution in [-0.2, 0) is 14.3 Å². The summed E-state index contributed by atoms with van der Waals surface area (Å²) in [7, 11) is 0. The minimum atomic E-state index is -0.518. The quantitative estimate of drug-likeness (QED) is 0.639. The van der Waals surface area contributed by atoms with Crippen molar-refractivity contribution in [2.75, 3.05) is 13.2 Å². The predicted octanol–water partition coefficient (Wildman–Crippen LogP) is 0.950. The van der Waals surface area contributed by atoms with Crippen LogP contribution < -0.4 is 0 Å². The summed E-state index contributed by atoms with van der Waals surface area (Å²) >= 11 is 0. The van der Waals surface area contributed by atoms with Gasteiger partial charge in [-0.15, -0.1) is 0 Å². The van der Waals surface area contributed by atoms with Crippen LogP contribution in [0.4, 0.5) is 0 Å². The van der Waals surface area contributed by atoms with Gasteiger partial charge in [-0.2, -0.15) is 0 Å². The van der Waals surface area contributed by atoms with Crippen molar-refractivity contribution in [3.8, 4) is 0 Å². The van der Waals surface area contributed by atoms with Crippen LogP contribution in [0.1, 0.15) is 33.1 Å². The predicted molar refractivity (Wildman–Crippen MR) is 54.1 cm³/mol. The highest BCUT2D eigenvalue weighted by Crippen LogP contribution is 2.32. The summed E-state index contributed by atoms with van der Waals surface area (Å²) in [6.07, 6.45) is 2.38. The van der Waals surface area contributed by atoms with Crippen LogP contribution in [-0.4, -0.2) is 36.0 Å². The van der Waals surface area contributed by atoms with Crippen LogP contribution in [0, 0.1) is 5.41 Å². The second kappa shape index (κ2) is 3.59. The van der Waals surface area contributed by atoms with E-state index in [1.165, 1.54) is 4.90 Å². The van der Waals surface area contributed by atoms with Crippen LogP contribution in [0.5, 0.6) is 0 Å². The van der Waals surface area contributed by atoms with E-state index in [0.29, 0.717) is 13.0 Å². The fourth-order valence-corrected chi connectivity index (χ4v) is 2.20. The Morgan fingerprint density at radius 2 is 2.20 bits per heavy atom. The van der Waals surface area contributed by atoms with E-state index in [9.17, 15) is 9.59 Å². The molecule has 2 heterocycles. The molecule has 0 spiro atoms. The van der Waals surface area contributed by atoms with E-state index in [4.69, 9.17) is 4.74 Å². The normalized spacial score (nSPS) is 30.3. The molecule has 15 heavy (non-hydrogen) atoms. The molecule has 1 atom stereocenters. The number of nitrogens with zero attached hydrogens (tertiary/aromatic N) is 1. The van der Waals surface area contributed by atoms with Gasteiger partial charge in [0, 0.05) is 13.0 Å². The van der Waals surface area contributed by atoms with Crippen LogP contribution in [0.15, 0.2) is 0 Å². The number of ether oxygens (including phenoxy) is 1. The summed E-state index contributed by atoms with van der Waals surface area (Å²) in [6, 6.07) is 0. The number of rotatable bonds is 2. The summed E-state index contributed by atoms with van der Waals surface area (Å²) in [5.41, 5.74) is -0.518. The Morgan fingerprint density at radius 1 is 1.47 bits per heavy atom. The SMILES string of the molecule is CC1(C)CC(=O)N(C[C@@H]2CCCO2)C1=O. The van der Waals surface area contributed by atoms with Crippen molar-refractivity contribution >= 4 is 11.8 Å². The highest BCUT2D eigenvalue weighted by atomic mass is 16.5. The van der Waals surface area contributed by atoms with Crippen molar-refractivity contribution in [1.29, 1.82) is 0 Å². The Hall–Kier alpha value is -0.900. The first kappa shape index (κ1) is 10.6. The van der Waals surface area contributed by atoms with Crippen molar-refractivity contribution in [3.05, 3.63) is 0 Å². The molecule has 0 N–H and O–H groups in total. The third kappa shape index (κ3) is 1.91. The molecule has 2 aliphatic rings. The first-order chi connectivity index (χ1) is 7.00. The second-order valence-corrected chi connectivity index (χ2v) is 5.01. The van der Waals surface area contributed by atoms with E-state index in [1.807, 2.05) is 13.8 Å². The minimum absolute atomic E-state index is 0.0528. The standard InChI is InChI=1S/C11H17NO3/c1-11(2)6-9(13)12(10(11)14)7-8-4-3-5-15-8/h8H,3-7H2,1-2H3/t8-/m0/s1. The van der Waals surface area contributed by atoms with Crippen LogP contribution in [0.25, 0.3) is 0 Å². The number of carbonyl (C=O) groups excluding carboxylic acids is 2. The number of carbonyl (C=O) groups is 2. The summed E-state index contributed by atoms with van der Waals surface area (Å²) < 4.78 is 5.43. The Labute approximate surface area is 89.6 Å². The van der Waals surface area contributed by atoms with Crippen molar-refractivity contribution in [2.24, 2.45) is 5.41 Å². The average molecular weight is 211 g/mol. The maximum atomic E-state index is 11.9. The van der Waals surface area contributed by atoms with Crippen molar-refractivity contribution < 1.29 is 14.3 Å². The van der Waals surface area contributed by atoms with Gasteiger partial charge in [0.15, 0.2) is 0 Å². The fraction of sp³-hybridized carbons (Fsp3) is 0.818. The molecule has 4 heteroatoms. The molecule has 2 fully saturated rings. The molecular formula is C11H17NO3. The van der Waals surface area contributed by atoms with Gasteiger partial charge < -0.3 is 4.74 Å². The maximum Gasteiger partial charge on any atom is 0.235 e. The van der Waals surface area contributed by atoms with Gasteiger partial charge in [0.1, 0.15) is 0 Å². The molecule has 2 saturated heterocycles. The lowest BCUT2D eigenvalue weighted by molar-refractivity contribution is -0.142. The fourth-order valence-electron chi connectivity index (χ4n) is 2.20. The molecule has 0 aromatic heterocycles. The lowest BCUT2D eigenvalue weighted by atomic mass is 9.92. The van der Waals surface area contributed by atoms with Gasteiger partial charge >= 0.3 is 0 Å². The van der Waals surface area contributed by atoms with E-state index >= 15 is 0 Å². The van der Waals surface area contributed by atoms with Gasteiger partial charge in [0.05, 0.1) is 18.1 Å². The Bertz CT molecular complexity index is 292. The number of imide groups is 1.